The van der Waals surface area contributed by atoms with Crippen molar-refractivity contribution < 1.29 is 14.8 Å². The number of hydrogen-bond acceptors (Lipinski definition) is 4. The standard InChI is InChI=1S/C18H19N3O3/c22-17(15-10-13-8-4-5-9-14(13)11-19-15)20-16(18(23)21-24)12-6-2-1-3-7-12/h1-9,15-16,19,24H,10-11H2,(H,20,22)(H,21,23)/t15-,16-/m0/s1. The molecular weight excluding hydrogens is 306 g/mol. The van der Waals surface area contributed by atoms with Gasteiger partial charge in [-0.2, -0.15) is 0 Å². The van der Waals surface area contributed by atoms with Crippen LogP contribution in [0.2, 0.25) is 0 Å². The molecule has 2 amide bonds. The summed E-state index contributed by atoms with van der Waals surface area (Å²) in [6, 6.07) is 15.4. The summed E-state index contributed by atoms with van der Waals surface area (Å²) in [5, 5.41) is 14.8. The van der Waals surface area contributed by atoms with E-state index >= 15 is 0 Å². The molecular formula is C18H19N3O3. The summed E-state index contributed by atoms with van der Waals surface area (Å²) in [6.45, 7) is 0.608. The van der Waals surface area contributed by atoms with Crippen molar-refractivity contribution in [2.24, 2.45) is 0 Å². The van der Waals surface area contributed by atoms with Crippen LogP contribution >= 0.6 is 0 Å². The van der Waals surface area contributed by atoms with Crippen LogP contribution in [0.15, 0.2) is 54.6 Å². The molecule has 0 radical (unpaired) electrons. The molecule has 0 spiro atoms. The van der Waals surface area contributed by atoms with E-state index in [2.05, 4.69) is 10.6 Å². The lowest BCUT2D eigenvalue weighted by atomic mass is 9.95. The fraction of sp³-hybridized carbons (Fsp3) is 0.222. The molecule has 6 nitrogen and oxygen atoms in total. The SMILES string of the molecule is O=C(N[C@H](C(=O)NO)c1ccccc1)[C@@H]1Cc2ccccc2CN1. The van der Waals surface area contributed by atoms with Gasteiger partial charge >= 0.3 is 0 Å². The van der Waals surface area contributed by atoms with Gasteiger partial charge in [-0.1, -0.05) is 54.6 Å². The fourth-order valence-electron chi connectivity index (χ4n) is 2.89. The Morgan fingerprint density at radius 3 is 2.42 bits per heavy atom. The van der Waals surface area contributed by atoms with Crippen molar-refractivity contribution in [2.45, 2.75) is 25.0 Å². The van der Waals surface area contributed by atoms with Gasteiger partial charge in [-0.25, -0.2) is 5.48 Å². The summed E-state index contributed by atoms with van der Waals surface area (Å²) in [4.78, 5) is 24.5. The fourth-order valence-corrected chi connectivity index (χ4v) is 2.89. The monoisotopic (exact) mass is 325 g/mol. The minimum absolute atomic E-state index is 0.276. The molecule has 2 aromatic carbocycles. The zero-order valence-corrected chi connectivity index (χ0v) is 13.0. The van der Waals surface area contributed by atoms with Crippen LogP contribution in [0.3, 0.4) is 0 Å². The third-order valence-electron chi connectivity index (χ3n) is 4.19. The first-order chi connectivity index (χ1) is 11.7. The second-order valence-corrected chi connectivity index (χ2v) is 5.73. The molecule has 2 aromatic rings. The van der Waals surface area contributed by atoms with Crippen molar-refractivity contribution in [3.63, 3.8) is 0 Å². The van der Waals surface area contributed by atoms with Crippen molar-refractivity contribution in [3.8, 4) is 0 Å². The van der Waals surface area contributed by atoms with Crippen LogP contribution in [0.1, 0.15) is 22.7 Å². The van der Waals surface area contributed by atoms with E-state index in [0.29, 0.717) is 18.5 Å². The molecule has 1 heterocycles. The van der Waals surface area contributed by atoms with Crippen LogP contribution in [-0.4, -0.2) is 23.1 Å². The van der Waals surface area contributed by atoms with Crippen LogP contribution in [0, 0.1) is 0 Å². The molecule has 1 aliphatic rings. The highest BCUT2D eigenvalue weighted by atomic mass is 16.5. The molecule has 24 heavy (non-hydrogen) atoms. The predicted octanol–water partition coefficient (Wildman–Crippen LogP) is 1.06. The average Bonchev–Trinajstić information content (AvgIpc) is 2.65. The lowest BCUT2D eigenvalue weighted by molar-refractivity contribution is -0.135. The van der Waals surface area contributed by atoms with E-state index in [4.69, 9.17) is 5.21 Å². The molecule has 1 aliphatic heterocycles. The van der Waals surface area contributed by atoms with E-state index in [1.54, 1.807) is 29.7 Å². The summed E-state index contributed by atoms with van der Waals surface area (Å²) < 4.78 is 0. The first kappa shape index (κ1) is 16.2. The van der Waals surface area contributed by atoms with Gasteiger partial charge in [-0.3, -0.25) is 14.8 Å². The highest BCUT2D eigenvalue weighted by Crippen LogP contribution is 2.18. The second kappa shape index (κ2) is 7.25. The van der Waals surface area contributed by atoms with Crippen LogP contribution in [-0.2, 0) is 22.6 Å². The Labute approximate surface area is 139 Å². The number of carbonyl (C=O) groups excluding carboxylic acids is 2. The van der Waals surface area contributed by atoms with Crippen molar-refractivity contribution in [1.82, 2.24) is 16.1 Å². The molecule has 0 aliphatic carbocycles. The van der Waals surface area contributed by atoms with E-state index in [-0.39, 0.29) is 5.91 Å². The lowest BCUT2D eigenvalue weighted by Gasteiger charge is -2.27. The minimum atomic E-state index is -0.942. The Balaban J connectivity index is 1.74. The van der Waals surface area contributed by atoms with Gasteiger partial charge in [0, 0.05) is 6.54 Å². The number of hydroxylamine groups is 1. The summed E-state index contributed by atoms with van der Waals surface area (Å²) in [5.74, 6) is -0.951. The van der Waals surface area contributed by atoms with Gasteiger partial charge in [0.2, 0.25) is 5.91 Å². The molecule has 0 aromatic heterocycles. The first-order valence-corrected chi connectivity index (χ1v) is 7.78. The zero-order valence-electron chi connectivity index (χ0n) is 13.0. The minimum Gasteiger partial charge on any atom is -0.339 e. The van der Waals surface area contributed by atoms with Gasteiger partial charge in [0.1, 0.15) is 6.04 Å². The van der Waals surface area contributed by atoms with Crippen LogP contribution in [0.4, 0.5) is 0 Å². The van der Waals surface area contributed by atoms with E-state index in [9.17, 15) is 9.59 Å². The summed E-state index contributed by atoms with van der Waals surface area (Å²) in [7, 11) is 0. The Bertz CT molecular complexity index is 733. The number of rotatable bonds is 4. The number of nitrogens with one attached hydrogen (secondary N) is 3. The van der Waals surface area contributed by atoms with Crippen molar-refractivity contribution in [1.29, 1.82) is 0 Å². The number of fused-ring (bicyclic) bond motifs is 1. The molecule has 2 atom stereocenters. The lowest BCUT2D eigenvalue weighted by Crippen LogP contribution is -2.50. The topological polar surface area (TPSA) is 90.5 Å². The Hall–Kier alpha value is -2.70. The smallest absolute Gasteiger partial charge is 0.270 e. The Morgan fingerprint density at radius 2 is 1.71 bits per heavy atom. The quantitative estimate of drug-likeness (QED) is 0.500. The van der Waals surface area contributed by atoms with E-state index < -0.39 is 18.0 Å². The first-order valence-electron chi connectivity index (χ1n) is 7.78. The summed E-state index contributed by atoms with van der Waals surface area (Å²) >= 11 is 0. The van der Waals surface area contributed by atoms with Crippen molar-refractivity contribution >= 4 is 11.8 Å². The maximum atomic E-state index is 12.6. The number of amides is 2. The number of carbonyl (C=O) groups is 2. The third kappa shape index (κ3) is 3.45. The maximum absolute atomic E-state index is 12.6. The molecule has 0 saturated carbocycles. The van der Waals surface area contributed by atoms with E-state index in [1.807, 2.05) is 30.3 Å². The molecule has 0 unspecified atom stereocenters. The predicted molar refractivity (Wildman–Crippen MR) is 88.0 cm³/mol. The summed E-state index contributed by atoms with van der Waals surface area (Å²) in [5.41, 5.74) is 4.52. The summed E-state index contributed by atoms with van der Waals surface area (Å²) in [6.07, 6.45) is 0.560. The van der Waals surface area contributed by atoms with Gasteiger partial charge in [-0.05, 0) is 23.1 Å². The average molecular weight is 325 g/mol. The van der Waals surface area contributed by atoms with Gasteiger partial charge in [-0.15, -0.1) is 0 Å². The third-order valence-corrected chi connectivity index (χ3v) is 4.19. The second-order valence-electron chi connectivity index (χ2n) is 5.73. The molecule has 0 saturated heterocycles. The molecule has 3 rings (SSSR count). The van der Waals surface area contributed by atoms with Gasteiger partial charge in [0.05, 0.1) is 6.04 Å². The number of benzene rings is 2. The van der Waals surface area contributed by atoms with Crippen LogP contribution < -0.4 is 16.1 Å². The molecule has 4 N–H and O–H groups in total. The molecule has 124 valence electrons. The molecule has 6 heteroatoms. The normalized spacial score (nSPS) is 17.5. The highest BCUT2D eigenvalue weighted by molar-refractivity contribution is 5.90. The Morgan fingerprint density at radius 1 is 1.04 bits per heavy atom. The number of hydrogen-bond donors (Lipinski definition) is 4. The zero-order chi connectivity index (χ0) is 16.9. The van der Waals surface area contributed by atoms with Crippen molar-refractivity contribution in [3.05, 3.63) is 71.3 Å². The van der Waals surface area contributed by atoms with Crippen LogP contribution in [0.5, 0.6) is 0 Å². The van der Waals surface area contributed by atoms with E-state index in [0.717, 1.165) is 5.56 Å². The van der Waals surface area contributed by atoms with Gasteiger partial charge in [0.15, 0.2) is 0 Å². The Kier molecular flexibility index (Phi) is 4.88. The van der Waals surface area contributed by atoms with Crippen LogP contribution in [0.25, 0.3) is 0 Å². The highest BCUT2D eigenvalue weighted by Gasteiger charge is 2.28. The molecule has 0 bridgehead atoms. The maximum Gasteiger partial charge on any atom is 0.270 e. The van der Waals surface area contributed by atoms with Crippen molar-refractivity contribution in [2.75, 3.05) is 0 Å². The van der Waals surface area contributed by atoms with Gasteiger partial charge in [0.25, 0.3) is 5.91 Å². The largest absolute Gasteiger partial charge is 0.339 e. The van der Waals surface area contributed by atoms with Gasteiger partial charge < -0.3 is 10.6 Å². The van der Waals surface area contributed by atoms with E-state index in [1.165, 1.54) is 5.56 Å². The molecule has 0 fully saturated rings.